The van der Waals surface area contributed by atoms with Crippen LogP contribution in [0.25, 0.3) is 0 Å². The lowest BCUT2D eigenvalue weighted by molar-refractivity contribution is 0.111. The SMILES string of the molecule is CCCc1ncn(C)c1C=O. The first kappa shape index (κ1) is 7.98. The number of hydrogen-bond acceptors (Lipinski definition) is 2. The Kier molecular flexibility index (Phi) is 2.41. The molecular weight excluding hydrogens is 140 g/mol. The largest absolute Gasteiger partial charge is 0.331 e. The van der Waals surface area contributed by atoms with Crippen molar-refractivity contribution in [1.29, 1.82) is 0 Å². The smallest absolute Gasteiger partial charge is 0.168 e. The molecule has 0 fully saturated rings. The predicted molar refractivity (Wildman–Crippen MR) is 42.6 cm³/mol. The highest BCUT2D eigenvalue weighted by atomic mass is 16.1. The minimum absolute atomic E-state index is 0.701. The summed E-state index contributed by atoms with van der Waals surface area (Å²) in [5.74, 6) is 0. The van der Waals surface area contributed by atoms with E-state index in [2.05, 4.69) is 11.9 Å². The van der Waals surface area contributed by atoms with Gasteiger partial charge in [-0.3, -0.25) is 4.79 Å². The van der Waals surface area contributed by atoms with Gasteiger partial charge >= 0.3 is 0 Å². The Labute approximate surface area is 66.1 Å². The molecule has 0 bridgehead atoms. The van der Waals surface area contributed by atoms with Crippen LogP contribution >= 0.6 is 0 Å². The molecular formula is C8H12N2O. The highest BCUT2D eigenvalue weighted by molar-refractivity contribution is 5.73. The number of aldehydes is 1. The Morgan fingerprint density at radius 2 is 2.45 bits per heavy atom. The summed E-state index contributed by atoms with van der Waals surface area (Å²) in [6.45, 7) is 2.07. The molecule has 3 heteroatoms. The van der Waals surface area contributed by atoms with Crippen molar-refractivity contribution in [3.05, 3.63) is 17.7 Å². The van der Waals surface area contributed by atoms with Crippen LogP contribution in [0, 0.1) is 0 Å². The molecule has 11 heavy (non-hydrogen) atoms. The van der Waals surface area contributed by atoms with Crippen molar-refractivity contribution in [3.63, 3.8) is 0 Å². The third-order valence-corrected chi connectivity index (χ3v) is 1.66. The summed E-state index contributed by atoms with van der Waals surface area (Å²) in [7, 11) is 1.83. The van der Waals surface area contributed by atoms with E-state index in [0.29, 0.717) is 5.69 Å². The molecule has 0 saturated carbocycles. The van der Waals surface area contributed by atoms with Crippen molar-refractivity contribution >= 4 is 6.29 Å². The molecule has 0 radical (unpaired) electrons. The third-order valence-electron chi connectivity index (χ3n) is 1.66. The van der Waals surface area contributed by atoms with E-state index in [0.717, 1.165) is 24.8 Å². The number of carbonyl (C=O) groups excluding carboxylic acids is 1. The summed E-state index contributed by atoms with van der Waals surface area (Å²) in [5, 5.41) is 0. The topological polar surface area (TPSA) is 34.9 Å². The molecule has 0 amide bonds. The standard InChI is InChI=1S/C8H12N2O/c1-3-4-7-8(5-11)10(2)6-9-7/h5-6H,3-4H2,1-2H3. The van der Waals surface area contributed by atoms with Gasteiger partial charge in [-0.05, 0) is 6.42 Å². The molecule has 60 valence electrons. The maximum absolute atomic E-state index is 10.5. The van der Waals surface area contributed by atoms with Crippen LogP contribution in [-0.2, 0) is 13.5 Å². The maximum Gasteiger partial charge on any atom is 0.168 e. The molecule has 1 aromatic rings. The van der Waals surface area contributed by atoms with E-state index in [9.17, 15) is 4.79 Å². The Morgan fingerprint density at radius 3 is 3.00 bits per heavy atom. The van der Waals surface area contributed by atoms with Crippen LogP contribution in [0.3, 0.4) is 0 Å². The van der Waals surface area contributed by atoms with Crippen LogP contribution in [-0.4, -0.2) is 15.8 Å². The predicted octanol–water partition coefficient (Wildman–Crippen LogP) is 1.19. The average Bonchev–Trinajstić information content (AvgIpc) is 2.33. The van der Waals surface area contributed by atoms with Crippen LogP contribution in [0.1, 0.15) is 29.5 Å². The van der Waals surface area contributed by atoms with E-state index in [1.807, 2.05) is 7.05 Å². The van der Waals surface area contributed by atoms with Gasteiger partial charge in [-0.2, -0.15) is 0 Å². The van der Waals surface area contributed by atoms with Gasteiger partial charge in [0.1, 0.15) is 5.69 Å². The fraction of sp³-hybridized carbons (Fsp3) is 0.500. The lowest BCUT2D eigenvalue weighted by Crippen LogP contribution is -1.96. The zero-order valence-corrected chi connectivity index (χ0v) is 6.87. The van der Waals surface area contributed by atoms with Gasteiger partial charge in [0, 0.05) is 7.05 Å². The minimum Gasteiger partial charge on any atom is -0.331 e. The van der Waals surface area contributed by atoms with Gasteiger partial charge in [0.25, 0.3) is 0 Å². The summed E-state index contributed by atoms with van der Waals surface area (Å²) in [6, 6.07) is 0. The summed E-state index contributed by atoms with van der Waals surface area (Å²) in [5.41, 5.74) is 1.61. The number of aromatic nitrogens is 2. The molecule has 0 aromatic carbocycles. The van der Waals surface area contributed by atoms with Crippen molar-refractivity contribution in [3.8, 4) is 0 Å². The molecule has 0 aliphatic heterocycles. The molecule has 3 nitrogen and oxygen atoms in total. The van der Waals surface area contributed by atoms with Crippen LogP contribution in [0.2, 0.25) is 0 Å². The zero-order chi connectivity index (χ0) is 8.27. The third kappa shape index (κ3) is 1.48. The lowest BCUT2D eigenvalue weighted by Gasteiger charge is -1.94. The number of imidazole rings is 1. The van der Waals surface area contributed by atoms with Crippen LogP contribution < -0.4 is 0 Å². The van der Waals surface area contributed by atoms with E-state index in [-0.39, 0.29) is 0 Å². The van der Waals surface area contributed by atoms with E-state index in [1.54, 1.807) is 10.9 Å². The van der Waals surface area contributed by atoms with Gasteiger partial charge in [-0.15, -0.1) is 0 Å². The van der Waals surface area contributed by atoms with E-state index < -0.39 is 0 Å². The fourth-order valence-corrected chi connectivity index (χ4v) is 1.07. The average molecular weight is 152 g/mol. The fourth-order valence-electron chi connectivity index (χ4n) is 1.07. The van der Waals surface area contributed by atoms with Crippen LogP contribution in [0.4, 0.5) is 0 Å². The van der Waals surface area contributed by atoms with Crippen LogP contribution in [0.5, 0.6) is 0 Å². The molecule has 0 aliphatic rings. The molecule has 0 unspecified atom stereocenters. The van der Waals surface area contributed by atoms with Crippen molar-refractivity contribution in [1.82, 2.24) is 9.55 Å². The summed E-state index contributed by atoms with van der Waals surface area (Å²) >= 11 is 0. The molecule has 1 rings (SSSR count). The van der Waals surface area contributed by atoms with Gasteiger partial charge in [0.05, 0.1) is 12.0 Å². The Hall–Kier alpha value is -1.12. The molecule has 0 atom stereocenters. The summed E-state index contributed by atoms with van der Waals surface area (Å²) in [4.78, 5) is 14.6. The van der Waals surface area contributed by atoms with Crippen molar-refractivity contribution in [2.45, 2.75) is 19.8 Å². The van der Waals surface area contributed by atoms with E-state index >= 15 is 0 Å². The molecule has 0 aliphatic carbocycles. The zero-order valence-electron chi connectivity index (χ0n) is 6.87. The van der Waals surface area contributed by atoms with Crippen LogP contribution in [0.15, 0.2) is 6.33 Å². The van der Waals surface area contributed by atoms with E-state index in [1.165, 1.54) is 0 Å². The molecule has 0 spiro atoms. The highest BCUT2D eigenvalue weighted by Crippen LogP contribution is 2.05. The Bertz CT molecular complexity index is 253. The first-order chi connectivity index (χ1) is 5.29. The van der Waals surface area contributed by atoms with Crippen molar-refractivity contribution in [2.24, 2.45) is 7.05 Å². The second-order valence-electron chi connectivity index (χ2n) is 2.56. The number of hydrogen-bond donors (Lipinski definition) is 0. The monoisotopic (exact) mass is 152 g/mol. The molecule has 1 aromatic heterocycles. The lowest BCUT2D eigenvalue weighted by atomic mass is 10.2. The van der Waals surface area contributed by atoms with E-state index in [4.69, 9.17) is 0 Å². The molecule has 1 heterocycles. The maximum atomic E-state index is 10.5. The number of carbonyl (C=O) groups is 1. The molecule has 0 N–H and O–H groups in total. The normalized spacial score (nSPS) is 10.0. The van der Waals surface area contributed by atoms with Crippen molar-refractivity contribution < 1.29 is 4.79 Å². The first-order valence-electron chi connectivity index (χ1n) is 3.75. The van der Waals surface area contributed by atoms with Gasteiger partial charge in [-0.25, -0.2) is 4.98 Å². The number of aryl methyl sites for hydroxylation is 2. The Morgan fingerprint density at radius 1 is 1.73 bits per heavy atom. The van der Waals surface area contributed by atoms with Gasteiger partial charge in [0.15, 0.2) is 6.29 Å². The van der Waals surface area contributed by atoms with Crippen molar-refractivity contribution in [2.75, 3.05) is 0 Å². The summed E-state index contributed by atoms with van der Waals surface area (Å²) < 4.78 is 1.75. The number of rotatable bonds is 3. The number of nitrogens with zero attached hydrogens (tertiary/aromatic N) is 2. The summed E-state index contributed by atoms with van der Waals surface area (Å²) in [6.07, 6.45) is 4.44. The first-order valence-corrected chi connectivity index (χ1v) is 3.75. The minimum atomic E-state index is 0.701. The van der Waals surface area contributed by atoms with Gasteiger partial charge < -0.3 is 4.57 Å². The quantitative estimate of drug-likeness (QED) is 0.610. The highest BCUT2D eigenvalue weighted by Gasteiger charge is 2.05. The van der Waals surface area contributed by atoms with Gasteiger partial charge in [-0.1, -0.05) is 13.3 Å². The van der Waals surface area contributed by atoms with Gasteiger partial charge in [0.2, 0.25) is 0 Å². The Balaban J connectivity index is 2.95. The second-order valence-corrected chi connectivity index (χ2v) is 2.56. The second kappa shape index (κ2) is 3.32. The molecule has 0 saturated heterocycles.